The molecule has 50 heavy (non-hydrogen) atoms. The molecule has 280 valence electrons. The molecule has 1 unspecified atom stereocenters. The number of rotatable bonds is 10. The van der Waals surface area contributed by atoms with Crippen LogP contribution >= 0.6 is 0 Å². The van der Waals surface area contributed by atoms with Gasteiger partial charge in [-0.2, -0.15) is 0 Å². The maximum Gasteiger partial charge on any atom is 0.351 e. The zero-order valence-corrected chi connectivity index (χ0v) is 36.8. The van der Waals surface area contributed by atoms with Gasteiger partial charge in [0.15, 0.2) is 30.7 Å². The van der Waals surface area contributed by atoms with E-state index in [0.29, 0.717) is 37.4 Å². The van der Waals surface area contributed by atoms with Gasteiger partial charge in [0.25, 0.3) is 0 Å². The van der Waals surface area contributed by atoms with Gasteiger partial charge in [-0.15, -0.1) is 0 Å². The second-order valence-electron chi connectivity index (χ2n) is 19.6. The standard InChI is InChI=1S/C39H65NO7Si3/c1-36(2,3)48(11,12)43-24-28(25-44-49(13,14)37(4,5)6)27-20-29-34(41)33-31(22-30(45-35(33)42)26-18-17-19-40-23-26)46-39(29,10)32(21-27)47-50(15,16)38(7,8)9/h17-19,22-23,27-29,32H,20-21,24-25H2,1-16H3/t27-,29-,32?,39-/m0/s1. The van der Waals surface area contributed by atoms with Crippen LogP contribution in [0.5, 0.6) is 5.75 Å². The van der Waals surface area contributed by atoms with Crippen molar-refractivity contribution in [1.82, 2.24) is 4.98 Å². The second kappa shape index (κ2) is 13.8. The second-order valence-corrected chi connectivity index (χ2v) is 34.0. The van der Waals surface area contributed by atoms with Crippen molar-refractivity contribution in [1.29, 1.82) is 0 Å². The molecule has 8 nitrogen and oxygen atoms in total. The smallest absolute Gasteiger partial charge is 0.351 e. The molecule has 0 saturated heterocycles. The maximum absolute atomic E-state index is 14.7. The van der Waals surface area contributed by atoms with Crippen LogP contribution in [0, 0.1) is 17.8 Å². The maximum atomic E-state index is 14.7. The van der Waals surface area contributed by atoms with Crippen LogP contribution in [0.1, 0.15) is 92.4 Å². The summed E-state index contributed by atoms with van der Waals surface area (Å²) in [5.41, 5.74) is -1.05. The average Bonchev–Trinajstić information content (AvgIpc) is 2.96. The van der Waals surface area contributed by atoms with E-state index in [0.717, 1.165) is 0 Å². The van der Waals surface area contributed by atoms with Crippen molar-refractivity contribution in [2.45, 2.75) is 148 Å². The third kappa shape index (κ3) is 8.18. The topological polar surface area (TPSA) is 97.1 Å². The molecule has 1 saturated carbocycles. The third-order valence-electron chi connectivity index (χ3n) is 13.0. The van der Waals surface area contributed by atoms with E-state index in [2.05, 4.69) is 107 Å². The first-order valence-corrected chi connectivity index (χ1v) is 27.1. The minimum Gasteiger partial charge on any atom is -0.483 e. The molecule has 0 amide bonds. The first-order chi connectivity index (χ1) is 22.6. The Morgan fingerprint density at radius 3 is 1.88 bits per heavy atom. The lowest BCUT2D eigenvalue weighted by Crippen LogP contribution is -2.64. The molecule has 2 aromatic heterocycles. The van der Waals surface area contributed by atoms with Gasteiger partial charge < -0.3 is 22.4 Å². The number of carbonyl (C=O) groups excluding carboxylic acids is 1. The summed E-state index contributed by atoms with van der Waals surface area (Å²) in [4.78, 5) is 32.4. The van der Waals surface area contributed by atoms with Gasteiger partial charge in [0, 0.05) is 43.2 Å². The van der Waals surface area contributed by atoms with E-state index in [4.69, 9.17) is 22.4 Å². The quantitative estimate of drug-likeness (QED) is 0.222. The molecule has 11 heteroatoms. The van der Waals surface area contributed by atoms with Crippen molar-refractivity contribution in [3.63, 3.8) is 0 Å². The molecule has 1 fully saturated rings. The molecule has 1 aliphatic carbocycles. The van der Waals surface area contributed by atoms with Gasteiger partial charge in [-0.1, -0.05) is 62.3 Å². The highest BCUT2D eigenvalue weighted by atomic mass is 28.4. The molecule has 2 aliphatic rings. The molecule has 1 aliphatic heterocycles. The zero-order valence-electron chi connectivity index (χ0n) is 33.8. The van der Waals surface area contributed by atoms with E-state index in [1.54, 1.807) is 24.5 Å². The normalized spacial score (nSPS) is 23.8. The van der Waals surface area contributed by atoms with Crippen LogP contribution in [-0.4, -0.2) is 60.6 Å². The number of hydrogen-bond acceptors (Lipinski definition) is 8. The summed E-state index contributed by atoms with van der Waals surface area (Å²) in [5, 5.41) is 0.0419. The van der Waals surface area contributed by atoms with Crippen LogP contribution in [0.15, 0.2) is 39.8 Å². The van der Waals surface area contributed by atoms with Crippen LogP contribution in [0.2, 0.25) is 54.4 Å². The summed E-state index contributed by atoms with van der Waals surface area (Å²) < 4.78 is 33.8. The Hall–Kier alpha value is -1.90. The van der Waals surface area contributed by atoms with Crippen LogP contribution in [-0.2, 0) is 13.3 Å². The van der Waals surface area contributed by atoms with Crippen molar-refractivity contribution in [3.05, 3.63) is 46.6 Å². The fraction of sp³-hybridized carbons (Fsp3) is 0.718. The number of aromatic nitrogens is 1. The van der Waals surface area contributed by atoms with Gasteiger partial charge >= 0.3 is 5.63 Å². The largest absolute Gasteiger partial charge is 0.483 e. The summed E-state index contributed by atoms with van der Waals surface area (Å²) in [7, 11) is -6.53. The minimum absolute atomic E-state index is 0.0153. The fourth-order valence-electron chi connectivity index (χ4n) is 6.17. The molecule has 0 spiro atoms. The van der Waals surface area contributed by atoms with Crippen LogP contribution in [0.25, 0.3) is 11.3 Å². The number of Topliss-reactive ketones (excluding diaryl/α,β-unsaturated/α-hetero) is 1. The number of carbonyl (C=O) groups is 1. The van der Waals surface area contributed by atoms with Crippen LogP contribution < -0.4 is 10.4 Å². The SMILES string of the molecule is CC(C)(C)[Si](C)(C)OCC(CO[Si](C)(C)C(C)(C)C)[C@@H]1CC(O[Si](C)(C)C(C)(C)C)[C@@]2(C)Oc3cc(-c4cccnc4)oc(=O)c3C(=O)[C@@H]2C1. The summed E-state index contributed by atoms with van der Waals surface area (Å²) in [6.07, 6.45) is 4.15. The molecule has 4 rings (SSSR count). The molecule has 4 atom stereocenters. The van der Waals surface area contributed by atoms with Crippen molar-refractivity contribution in [2.24, 2.45) is 17.8 Å². The molecule has 0 N–H and O–H groups in total. The molecule has 2 aromatic rings. The zero-order chi connectivity index (χ0) is 37.9. The van der Waals surface area contributed by atoms with Crippen LogP contribution in [0.3, 0.4) is 0 Å². The Morgan fingerprint density at radius 1 is 0.860 bits per heavy atom. The van der Waals surface area contributed by atoms with Gasteiger partial charge in [0.1, 0.15) is 22.7 Å². The number of ketones is 1. The lowest BCUT2D eigenvalue weighted by atomic mass is 9.63. The Bertz CT molecular complexity index is 1550. The third-order valence-corrected chi connectivity index (χ3v) is 26.5. The summed E-state index contributed by atoms with van der Waals surface area (Å²) in [6, 6.07) is 5.27. The predicted octanol–water partition coefficient (Wildman–Crippen LogP) is 10.1. The number of pyridine rings is 1. The van der Waals surface area contributed by atoms with Crippen LogP contribution in [0.4, 0.5) is 0 Å². The molecule has 0 bridgehead atoms. The molecular weight excluding hydrogens is 679 g/mol. The summed E-state index contributed by atoms with van der Waals surface area (Å²) in [5.74, 6) is -0.176. The van der Waals surface area contributed by atoms with E-state index in [-0.39, 0.29) is 50.2 Å². The lowest BCUT2D eigenvalue weighted by molar-refractivity contribution is -0.117. The molecular formula is C39H65NO7Si3. The lowest BCUT2D eigenvalue weighted by Gasteiger charge is -2.54. The van der Waals surface area contributed by atoms with E-state index < -0.39 is 42.1 Å². The number of ether oxygens (including phenoxy) is 1. The molecule has 0 aromatic carbocycles. The predicted molar refractivity (Wildman–Crippen MR) is 210 cm³/mol. The number of fused-ring (bicyclic) bond motifs is 2. The van der Waals surface area contributed by atoms with Crippen molar-refractivity contribution in [2.75, 3.05) is 13.2 Å². The van der Waals surface area contributed by atoms with Crippen molar-refractivity contribution in [3.8, 4) is 17.1 Å². The van der Waals surface area contributed by atoms with Crippen molar-refractivity contribution >= 4 is 30.7 Å². The van der Waals surface area contributed by atoms with Gasteiger partial charge in [-0.05, 0) is 92.2 Å². The Labute approximate surface area is 304 Å². The molecule has 0 radical (unpaired) electrons. The monoisotopic (exact) mass is 743 g/mol. The van der Waals surface area contributed by atoms with E-state index in [1.165, 1.54) is 0 Å². The van der Waals surface area contributed by atoms with Gasteiger partial charge in [-0.25, -0.2) is 4.79 Å². The van der Waals surface area contributed by atoms with Gasteiger partial charge in [0.05, 0.1) is 12.0 Å². The average molecular weight is 744 g/mol. The Morgan fingerprint density at radius 2 is 1.40 bits per heavy atom. The van der Waals surface area contributed by atoms with E-state index >= 15 is 0 Å². The Balaban J connectivity index is 1.81. The summed E-state index contributed by atoms with van der Waals surface area (Å²) in [6.45, 7) is 37.0. The van der Waals surface area contributed by atoms with Crippen molar-refractivity contribution < 1.29 is 27.2 Å². The highest BCUT2D eigenvalue weighted by Crippen LogP contribution is 2.52. The minimum atomic E-state index is -2.34. The Kier molecular flexibility index (Phi) is 11.3. The van der Waals surface area contributed by atoms with E-state index in [1.807, 2.05) is 13.0 Å². The first-order valence-electron chi connectivity index (χ1n) is 18.4. The number of nitrogens with zero attached hydrogens (tertiary/aromatic N) is 1. The van der Waals surface area contributed by atoms with Gasteiger partial charge in [-0.3, -0.25) is 9.78 Å². The fourth-order valence-corrected chi connectivity index (χ4v) is 9.70. The molecule has 3 heterocycles. The first kappa shape index (κ1) is 40.9. The van der Waals surface area contributed by atoms with Gasteiger partial charge in [0.2, 0.25) is 0 Å². The summed E-state index contributed by atoms with van der Waals surface area (Å²) >= 11 is 0. The van der Waals surface area contributed by atoms with E-state index in [9.17, 15) is 9.59 Å². The highest BCUT2D eigenvalue weighted by molar-refractivity contribution is 6.75. The number of hydrogen-bond donors (Lipinski definition) is 0. The highest BCUT2D eigenvalue weighted by Gasteiger charge is 2.59.